The second-order valence-electron chi connectivity index (χ2n) is 9.85. The molecule has 38 heavy (non-hydrogen) atoms. The van der Waals surface area contributed by atoms with E-state index in [9.17, 15) is 19.3 Å². The maximum absolute atomic E-state index is 14.4. The zero-order valence-electron chi connectivity index (χ0n) is 21.8. The number of carbonyl (C=O) groups is 1. The number of hydrogen-bond acceptors (Lipinski definition) is 6. The van der Waals surface area contributed by atoms with Gasteiger partial charge in [0.05, 0.1) is 17.6 Å². The number of rotatable bonds is 9. The van der Waals surface area contributed by atoms with E-state index >= 15 is 0 Å². The Morgan fingerprint density at radius 1 is 1.08 bits per heavy atom. The second kappa shape index (κ2) is 11.6. The molecule has 0 spiro atoms. The van der Waals surface area contributed by atoms with Gasteiger partial charge in [0.25, 0.3) is 11.6 Å². The summed E-state index contributed by atoms with van der Waals surface area (Å²) in [6.45, 7) is 0. The molecule has 0 heterocycles. The lowest BCUT2D eigenvalue weighted by molar-refractivity contribution is -0.384. The Morgan fingerprint density at radius 3 is 2.34 bits per heavy atom. The minimum absolute atomic E-state index is 0.0887. The number of likely N-dealkylation sites (N-methyl/N-ethyl adjacent to an activating group) is 1. The Morgan fingerprint density at radius 2 is 1.74 bits per heavy atom. The van der Waals surface area contributed by atoms with Crippen LogP contribution in [0.2, 0.25) is 0 Å². The van der Waals surface area contributed by atoms with Crippen LogP contribution in [0.3, 0.4) is 0 Å². The van der Waals surface area contributed by atoms with Gasteiger partial charge in [0.1, 0.15) is 23.1 Å². The van der Waals surface area contributed by atoms with Gasteiger partial charge in [-0.05, 0) is 88.2 Å². The number of benzene rings is 3. The number of non-ortho nitro benzene ring substituents is 1. The molecule has 8 nitrogen and oxygen atoms in total. The van der Waals surface area contributed by atoms with Gasteiger partial charge < -0.3 is 19.7 Å². The van der Waals surface area contributed by atoms with Crippen LogP contribution in [-0.4, -0.2) is 48.5 Å². The lowest BCUT2D eigenvalue weighted by Crippen LogP contribution is -2.52. The molecule has 4 rings (SSSR count). The van der Waals surface area contributed by atoms with E-state index in [-0.39, 0.29) is 34.4 Å². The van der Waals surface area contributed by atoms with E-state index in [2.05, 4.69) is 10.2 Å². The van der Waals surface area contributed by atoms with Crippen molar-refractivity contribution >= 4 is 11.6 Å². The summed E-state index contributed by atoms with van der Waals surface area (Å²) in [4.78, 5) is 26.4. The average molecular weight is 522 g/mol. The number of amides is 1. The van der Waals surface area contributed by atoms with Crippen molar-refractivity contribution in [2.24, 2.45) is 0 Å². The first-order valence-corrected chi connectivity index (χ1v) is 12.5. The van der Waals surface area contributed by atoms with Crippen LogP contribution < -0.4 is 14.8 Å². The second-order valence-corrected chi connectivity index (χ2v) is 9.85. The average Bonchev–Trinajstić information content (AvgIpc) is 2.91. The molecule has 0 aromatic heterocycles. The third kappa shape index (κ3) is 6.11. The zero-order valence-corrected chi connectivity index (χ0v) is 21.8. The summed E-state index contributed by atoms with van der Waals surface area (Å²) in [6.07, 6.45) is 3.51. The first-order valence-electron chi connectivity index (χ1n) is 12.5. The highest BCUT2D eigenvalue weighted by atomic mass is 19.1. The van der Waals surface area contributed by atoms with Crippen molar-refractivity contribution in [2.45, 2.75) is 43.7 Å². The largest absolute Gasteiger partial charge is 0.497 e. The number of carbonyl (C=O) groups excluding carboxylic acids is 1. The molecular formula is C29H32FN3O5. The molecule has 0 saturated heterocycles. The van der Waals surface area contributed by atoms with Crippen molar-refractivity contribution in [3.05, 3.63) is 93.8 Å². The molecule has 0 radical (unpaired) electrons. The molecule has 0 unspecified atom stereocenters. The van der Waals surface area contributed by atoms with E-state index in [0.29, 0.717) is 36.3 Å². The molecule has 1 aliphatic carbocycles. The number of methoxy groups -OCH3 is 1. The quantitative estimate of drug-likeness (QED) is 0.285. The van der Waals surface area contributed by atoms with E-state index in [4.69, 9.17) is 9.47 Å². The van der Waals surface area contributed by atoms with Crippen LogP contribution in [0.15, 0.2) is 66.7 Å². The minimum Gasteiger partial charge on any atom is -0.497 e. The molecule has 0 atom stereocenters. The topological polar surface area (TPSA) is 93.9 Å². The number of ether oxygens (including phenoxy) is 2. The van der Waals surface area contributed by atoms with Crippen LogP contribution in [0.4, 0.5) is 10.1 Å². The van der Waals surface area contributed by atoms with Crippen LogP contribution in [0.5, 0.6) is 17.2 Å². The number of halogens is 1. The van der Waals surface area contributed by atoms with Crippen molar-refractivity contribution in [3.8, 4) is 17.2 Å². The molecule has 0 aliphatic heterocycles. The molecule has 9 heteroatoms. The first kappa shape index (κ1) is 27.1. The molecule has 3 aromatic carbocycles. The summed E-state index contributed by atoms with van der Waals surface area (Å²) in [5.41, 5.74) is 0.348. The molecular weight excluding hydrogens is 489 g/mol. The molecule has 0 bridgehead atoms. The van der Waals surface area contributed by atoms with Gasteiger partial charge in [0.2, 0.25) is 0 Å². The number of nitro groups is 1. The standard InChI is InChI=1S/C29H32FN3O5/c1-32(2)29(19-20-6-4-5-7-26(20)30)16-14-21(15-17-29)31-28(34)25-18-22(33(35)36)8-13-27(25)38-24-11-9-23(37-3)10-12-24/h4-13,18,21H,14-17,19H2,1-3H3,(H,31,34). The van der Waals surface area contributed by atoms with Crippen molar-refractivity contribution in [1.82, 2.24) is 10.2 Å². The number of nitro benzene ring substituents is 1. The smallest absolute Gasteiger partial charge is 0.270 e. The van der Waals surface area contributed by atoms with Crippen molar-refractivity contribution in [3.63, 3.8) is 0 Å². The Hall–Kier alpha value is -3.98. The summed E-state index contributed by atoms with van der Waals surface area (Å²) in [5, 5.41) is 14.4. The molecule has 1 amide bonds. The molecule has 1 N–H and O–H groups in total. The van der Waals surface area contributed by atoms with Gasteiger partial charge >= 0.3 is 0 Å². The van der Waals surface area contributed by atoms with Crippen molar-refractivity contribution in [2.75, 3.05) is 21.2 Å². The summed E-state index contributed by atoms with van der Waals surface area (Å²) < 4.78 is 25.5. The van der Waals surface area contributed by atoms with Gasteiger partial charge in [-0.15, -0.1) is 0 Å². The van der Waals surface area contributed by atoms with Gasteiger partial charge in [0.15, 0.2) is 0 Å². The Kier molecular flexibility index (Phi) is 8.26. The van der Waals surface area contributed by atoms with Crippen LogP contribution in [-0.2, 0) is 6.42 Å². The van der Waals surface area contributed by atoms with Gasteiger partial charge in [-0.2, -0.15) is 0 Å². The van der Waals surface area contributed by atoms with E-state index in [1.165, 1.54) is 24.3 Å². The normalized spacial score (nSPS) is 19.1. The Bertz CT molecular complexity index is 1290. The number of nitrogens with one attached hydrogen (secondary N) is 1. The van der Waals surface area contributed by atoms with E-state index in [1.54, 1.807) is 37.4 Å². The van der Waals surface area contributed by atoms with E-state index in [0.717, 1.165) is 12.8 Å². The molecule has 3 aromatic rings. The molecule has 200 valence electrons. The monoisotopic (exact) mass is 521 g/mol. The van der Waals surface area contributed by atoms with Crippen LogP contribution in [0.1, 0.15) is 41.6 Å². The van der Waals surface area contributed by atoms with Crippen LogP contribution in [0, 0.1) is 15.9 Å². The van der Waals surface area contributed by atoms with Gasteiger partial charge in [-0.3, -0.25) is 14.9 Å². The Balaban J connectivity index is 1.49. The van der Waals surface area contributed by atoms with Crippen LogP contribution >= 0.6 is 0 Å². The lowest BCUT2D eigenvalue weighted by Gasteiger charge is -2.45. The lowest BCUT2D eigenvalue weighted by atomic mass is 9.74. The van der Waals surface area contributed by atoms with Crippen molar-refractivity contribution in [1.29, 1.82) is 0 Å². The zero-order chi connectivity index (χ0) is 27.3. The van der Waals surface area contributed by atoms with Crippen molar-refractivity contribution < 1.29 is 23.6 Å². The predicted molar refractivity (Wildman–Crippen MR) is 142 cm³/mol. The number of hydrogen-bond donors (Lipinski definition) is 1. The molecule has 1 saturated carbocycles. The highest BCUT2D eigenvalue weighted by Gasteiger charge is 2.38. The summed E-state index contributed by atoms with van der Waals surface area (Å²) >= 11 is 0. The van der Waals surface area contributed by atoms with E-state index < -0.39 is 10.8 Å². The van der Waals surface area contributed by atoms with Gasteiger partial charge in [-0.25, -0.2) is 4.39 Å². The fraction of sp³-hybridized carbons (Fsp3) is 0.345. The third-order valence-electron chi connectivity index (χ3n) is 7.38. The summed E-state index contributed by atoms with van der Waals surface area (Å²) in [5.74, 6) is 0.694. The SMILES string of the molecule is COc1ccc(Oc2ccc([N+](=O)[O-])cc2C(=O)NC2CCC(Cc3ccccc3F)(N(C)C)CC2)cc1. The van der Waals surface area contributed by atoms with Gasteiger partial charge in [-0.1, -0.05) is 18.2 Å². The highest BCUT2D eigenvalue weighted by Crippen LogP contribution is 2.37. The highest BCUT2D eigenvalue weighted by molar-refractivity contribution is 5.98. The fourth-order valence-electron chi connectivity index (χ4n) is 5.01. The summed E-state index contributed by atoms with van der Waals surface area (Å²) in [7, 11) is 5.57. The summed E-state index contributed by atoms with van der Waals surface area (Å²) in [6, 6.07) is 17.5. The maximum atomic E-state index is 14.4. The third-order valence-corrected chi connectivity index (χ3v) is 7.38. The maximum Gasteiger partial charge on any atom is 0.270 e. The molecule has 1 fully saturated rings. The molecule has 1 aliphatic rings. The minimum atomic E-state index is -0.539. The predicted octanol–water partition coefficient (Wildman–Crippen LogP) is 5.75. The number of nitrogens with zero attached hydrogens (tertiary/aromatic N) is 2. The Labute approximate surface area is 221 Å². The first-order chi connectivity index (χ1) is 18.2. The van der Waals surface area contributed by atoms with E-state index in [1.807, 2.05) is 26.2 Å². The van der Waals surface area contributed by atoms with Gasteiger partial charge in [0, 0.05) is 23.7 Å². The van der Waals surface area contributed by atoms with Crippen LogP contribution in [0.25, 0.3) is 0 Å². The fourth-order valence-corrected chi connectivity index (χ4v) is 5.01.